The molecule has 0 aliphatic carbocycles. The van der Waals surface area contributed by atoms with Crippen LogP contribution in [0.1, 0.15) is 18.1 Å². The highest BCUT2D eigenvalue weighted by Gasteiger charge is 2.08. The minimum atomic E-state index is -1.45. The van der Waals surface area contributed by atoms with Crippen LogP contribution in [-0.4, -0.2) is 20.5 Å². The average molecular weight is 277 g/mol. The fourth-order valence-corrected chi connectivity index (χ4v) is 2.03. The Labute approximate surface area is 115 Å². The van der Waals surface area contributed by atoms with Crippen molar-refractivity contribution >= 4 is 14.0 Å². The Morgan fingerprint density at radius 2 is 2.05 bits per heavy atom. The van der Waals surface area contributed by atoms with E-state index in [1.807, 2.05) is 0 Å². The average Bonchev–Trinajstić information content (AvgIpc) is 2.26. The number of hydrogen-bond acceptors (Lipinski definition) is 1. The lowest BCUT2D eigenvalue weighted by Gasteiger charge is -2.07. The van der Waals surface area contributed by atoms with Gasteiger partial charge in [0.2, 0.25) is 5.91 Å². The van der Waals surface area contributed by atoms with Gasteiger partial charge in [0, 0.05) is 19.0 Å². The normalized spacial score (nSPS) is 10.6. The highest BCUT2D eigenvalue weighted by Crippen LogP contribution is 2.11. The van der Waals surface area contributed by atoms with Gasteiger partial charge in [-0.2, -0.15) is 0 Å². The number of amides is 1. The molecule has 1 aromatic rings. The minimum absolute atomic E-state index is 0.0777. The molecule has 0 bridgehead atoms. The molecule has 0 saturated carbocycles. The molecule has 1 amide bonds. The molecule has 0 unspecified atom stereocenters. The molecular weight excluding hydrogens is 257 g/mol. The first-order chi connectivity index (χ1) is 8.78. The van der Waals surface area contributed by atoms with Crippen LogP contribution in [0.3, 0.4) is 0 Å². The van der Waals surface area contributed by atoms with Crippen molar-refractivity contribution in [2.24, 2.45) is 0 Å². The van der Waals surface area contributed by atoms with Crippen molar-refractivity contribution in [2.75, 3.05) is 6.54 Å². The molecule has 19 heavy (non-hydrogen) atoms. The van der Waals surface area contributed by atoms with Gasteiger partial charge in [-0.05, 0) is 30.2 Å². The van der Waals surface area contributed by atoms with Gasteiger partial charge in [-0.1, -0.05) is 25.6 Å². The van der Waals surface area contributed by atoms with E-state index in [1.54, 1.807) is 6.07 Å². The van der Waals surface area contributed by atoms with Crippen molar-refractivity contribution in [3.63, 3.8) is 0 Å². The number of nitrogens with one attached hydrogen (secondary N) is 1. The first kappa shape index (κ1) is 15.5. The highest BCUT2D eigenvalue weighted by atomic mass is 28.3. The van der Waals surface area contributed by atoms with Crippen molar-refractivity contribution in [2.45, 2.75) is 33.0 Å². The maximum Gasteiger partial charge on any atom is 0.216 e. The number of carbonyl (C=O) groups is 1. The summed E-state index contributed by atoms with van der Waals surface area (Å²) in [5.41, 5.74) is 4.98. The first-order valence-electron chi connectivity index (χ1n) is 6.34. The van der Waals surface area contributed by atoms with E-state index in [1.165, 1.54) is 19.1 Å². The standard InChI is InChI=1S/C15H20FNOSi/c1-12(18)17-9-7-14-11-15(16)6-5-13(14)8-10-19(2,3)4/h5-6,11H,7,9H2,1-4H3,(H,17,18). The van der Waals surface area contributed by atoms with Crippen LogP contribution in [0.5, 0.6) is 0 Å². The lowest BCUT2D eigenvalue weighted by Crippen LogP contribution is -2.22. The third-order valence-corrected chi connectivity index (χ3v) is 3.28. The van der Waals surface area contributed by atoms with Crippen molar-refractivity contribution in [3.8, 4) is 11.5 Å². The summed E-state index contributed by atoms with van der Waals surface area (Å²) >= 11 is 0. The predicted molar refractivity (Wildman–Crippen MR) is 79.0 cm³/mol. The Bertz CT molecular complexity index is 523. The predicted octanol–water partition coefficient (Wildman–Crippen LogP) is 2.73. The third-order valence-electron chi connectivity index (χ3n) is 2.41. The third kappa shape index (κ3) is 6.21. The van der Waals surface area contributed by atoms with E-state index in [0.717, 1.165) is 11.1 Å². The van der Waals surface area contributed by atoms with Crippen LogP contribution in [0.15, 0.2) is 18.2 Å². The zero-order chi connectivity index (χ0) is 14.5. The Kier molecular flexibility index (Phi) is 5.31. The molecule has 1 rings (SSSR count). The topological polar surface area (TPSA) is 29.1 Å². The Morgan fingerprint density at radius 3 is 2.63 bits per heavy atom. The van der Waals surface area contributed by atoms with Gasteiger partial charge < -0.3 is 5.32 Å². The molecular formula is C15H20FNOSi. The summed E-state index contributed by atoms with van der Waals surface area (Å²) in [4.78, 5) is 10.8. The number of benzene rings is 1. The molecule has 0 saturated heterocycles. The van der Waals surface area contributed by atoms with Crippen LogP contribution in [-0.2, 0) is 11.2 Å². The smallest absolute Gasteiger partial charge is 0.216 e. The second-order valence-electron chi connectivity index (χ2n) is 5.53. The van der Waals surface area contributed by atoms with Crippen LogP contribution in [0.4, 0.5) is 4.39 Å². The van der Waals surface area contributed by atoms with Gasteiger partial charge in [-0.25, -0.2) is 4.39 Å². The van der Waals surface area contributed by atoms with Crippen LogP contribution < -0.4 is 5.32 Å². The summed E-state index contributed by atoms with van der Waals surface area (Å²) in [7, 11) is -1.45. The highest BCUT2D eigenvalue weighted by molar-refractivity contribution is 6.83. The Hall–Kier alpha value is -1.60. The molecule has 1 aromatic carbocycles. The summed E-state index contributed by atoms with van der Waals surface area (Å²) in [6.45, 7) is 8.47. The first-order valence-corrected chi connectivity index (χ1v) is 9.84. The van der Waals surface area contributed by atoms with E-state index in [4.69, 9.17) is 0 Å². The van der Waals surface area contributed by atoms with Crippen molar-refractivity contribution in [1.29, 1.82) is 0 Å². The molecule has 2 nitrogen and oxygen atoms in total. The van der Waals surface area contributed by atoms with E-state index in [-0.39, 0.29) is 11.7 Å². The van der Waals surface area contributed by atoms with E-state index >= 15 is 0 Å². The number of halogens is 1. The second-order valence-corrected chi connectivity index (χ2v) is 10.3. The Morgan fingerprint density at radius 1 is 1.37 bits per heavy atom. The van der Waals surface area contributed by atoms with Crippen molar-refractivity contribution in [3.05, 3.63) is 35.1 Å². The fourth-order valence-electron chi connectivity index (χ4n) is 1.52. The van der Waals surface area contributed by atoms with Gasteiger partial charge in [0.1, 0.15) is 13.9 Å². The maximum atomic E-state index is 13.3. The number of rotatable bonds is 3. The van der Waals surface area contributed by atoms with Crippen LogP contribution >= 0.6 is 0 Å². The molecule has 0 heterocycles. The molecule has 0 aromatic heterocycles. The molecule has 0 spiro atoms. The monoisotopic (exact) mass is 277 g/mol. The quantitative estimate of drug-likeness (QED) is 0.668. The number of hydrogen-bond donors (Lipinski definition) is 1. The van der Waals surface area contributed by atoms with Gasteiger partial charge in [-0.15, -0.1) is 5.54 Å². The van der Waals surface area contributed by atoms with E-state index in [0.29, 0.717) is 13.0 Å². The maximum absolute atomic E-state index is 13.3. The largest absolute Gasteiger partial charge is 0.356 e. The number of carbonyl (C=O) groups excluding carboxylic acids is 1. The van der Waals surface area contributed by atoms with Crippen molar-refractivity contribution in [1.82, 2.24) is 5.32 Å². The van der Waals surface area contributed by atoms with E-state index in [9.17, 15) is 9.18 Å². The molecule has 0 atom stereocenters. The summed E-state index contributed by atoms with van der Waals surface area (Å²) in [6, 6.07) is 4.64. The van der Waals surface area contributed by atoms with Gasteiger partial charge in [0.25, 0.3) is 0 Å². The summed E-state index contributed by atoms with van der Waals surface area (Å²) < 4.78 is 13.3. The summed E-state index contributed by atoms with van der Waals surface area (Å²) in [5.74, 6) is 2.81. The molecule has 0 aliphatic heterocycles. The minimum Gasteiger partial charge on any atom is -0.356 e. The van der Waals surface area contributed by atoms with Gasteiger partial charge >= 0.3 is 0 Å². The van der Waals surface area contributed by atoms with Crippen molar-refractivity contribution < 1.29 is 9.18 Å². The van der Waals surface area contributed by atoms with E-state index < -0.39 is 8.07 Å². The van der Waals surface area contributed by atoms with Gasteiger partial charge in [-0.3, -0.25) is 4.79 Å². The molecule has 0 aliphatic rings. The SMILES string of the molecule is CC(=O)NCCc1cc(F)ccc1C#C[Si](C)(C)C. The molecule has 4 heteroatoms. The van der Waals surface area contributed by atoms with Crippen LogP contribution in [0.25, 0.3) is 0 Å². The fraction of sp³-hybridized carbons (Fsp3) is 0.400. The Balaban J connectivity index is 2.91. The molecule has 1 N–H and O–H groups in total. The second kappa shape index (κ2) is 6.53. The van der Waals surface area contributed by atoms with E-state index in [2.05, 4.69) is 36.4 Å². The van der Waals surface area contributed by atoms with Crippen LogP contribution in [0.2, 0.25) is 19.6 Å². The molecule has 0 radical (unpaired) electrons. The summed E-state index contributed by atoms with van der Waals surface area (Å²) in [6.07, 6.45) is 0.590. The molecule has 102 valence electrons. The zero-order valence-electron chi connectivity index (χ0n) is 11.9. The van der Waals surface area contributed by atoms with Gasteiger partial charge in [0.05, 0.1) is 0 Å². The lowest BCUT2D eigenvalue weighted by atomic mass is 10.0. The zero-order valence-corrected chi connectivity index (χ0v) is 12.9. The van der Waals surface area contributed by atoms with Gasteiger partial charge in [0.15, 0.2) is 0 Å². The lowest BCUT2D eigenvalue weighted by molar-refractivity contribution is -0.118. The molecule has 0 fully saturated rings. The van der Waals surface area contributed by atoms with Crippen LogP contribution in [0, 0.1) is 17.3 Å². The summed E-state index contributed by atoms with van der Waals surface area (Å²) in [5, 5.41) is 2.71.